The van der Waals surface area contributed by atoms with Crippen LogP contribution in [0.1, 0.15) is 40.0 Å². The molecule has 1 N–H and O–H groups in total. The van der Waals surface area contributed by atoms with Crippen molar-refractivity contribution in [1.82, 2.24) is 0 Å². The number of oxime groups is 1. The zero-order chi connectivity index (χ0) is 7.98. The Bertz CT molecular complexity index is 106. The molecule has 0 saturated heterocycles. The van der Waals surface area contributed by atoms with Gasteiger partial charge in [-0.3, -0.25) is 0 Å². The van der Waals surface area contributed by atoms with Crippen LogP contribution in [0.3, 0.4) is 0 Å². The molecule has 0 aromatic carbocycles. The first-order valence-corrected chi connectivity index (χ1v) is 4.00. The molecule has 0 rings (SSSR count). The number of hydrogen-bond donors (Lipinski definition) is 1. The maximum atomic E-state index is 8.55. The molecule has 0 heterocycles. The van der Waals surface area contributed by atoms with Gasteiger partial charge in [-0.2, -0.15) is 0 Å². The van der Waals surface area contributed by atoms with Crippen LogP contribution in [0.2, 0.25) is 0 Å². The van der Waals surface area contributed by atoms with E-state index in [0.717, 1.165) is 25.0 Å². The summed E-state index contributed by atoms with van der Waals surface area (Å²) in [6, 6.07) is 0. The van der Waals surface area contributed by atoms with Gasteiger partial charge in [0.2, 0.25) is 0 Å². The van der Waals surface area contributed by atoms with E-state index in [1.807, 2.05) is 6.92 Å². The van der Waals surface area contributed by atoms with E-state index >= 15 is 0 Å². The molecule has 0 aromatic rings. The fourth-order valence-corrected chi connectivity index (χ4v) is 1.20. The van der Waals surface area contributed by atoms with Crippen molar-refractivity contribution >= 4 is 5.71 Å². The molecule has 0 bridgehead atoms. The first-order chi connectivity index (χ1) is 4.79. The minimum atomic E-state index is 0.481. The van der Waals surface area contributed by atoms with E-state index in [9.17, 15) is 0 Å². The zero-order valence-electron chi connectivity index (χ0n) is 7.09. The maximum Gasteiger partial charge on any atom is 0.0598 e. The lowest BCUT2D eigenvalue weighted by atomic mass is 9.96. The van der Waals surface area contributed by atoms with Crippen LogP contribution >= 0.6 is 0 Å². The lowest BCUT2D eigenvalue weighted by Gasteiger charge is -2.11. The van der Waals surface area contributed by atoms with Crippen LogP contribution in [0.5, 0.6) is 0 Å². The second-order valence-electron chi connectivity index (χ2n) is 2.46. The van der Waals surface area contributed by atoms with Gasteiger partial charge in [0.15, 0.2) is 0 Å². The first-order valence-electron chi connectivity index (χ1n) is 4.00. The highest BCUT2D eigenvalue weighted by atomic mass is 16.4. The van der Waals surface area contributed by atoms with Crippen LogP contribution in [0.4, 0.5) is 0 Å². The molecule has 0 unspecified atom stereocenters. The monoisotopic (exact) mass is 143 g/mol. The molecule has 0 aromatic heterocycles. The Hall–Kier alpha value is -0.530. The second-order valence-corrected chi connectivity index (χ2v) is 2.46. The van der Waals surface area contributed by atoms with Gasteiger partial charge in [0.1, 0.15) is 0 Å². The fourth-order valence-electron chi connectivity index (χ4n) is 1.20. The maximum absolute atomic E-state index is 8.55. The average Bonchev–Trinajstić information content (AvgIpc) is 2.00. The third-order valence-electron chi connectivity index (χ3n) is 1.95. The molecule has 0 spiro atoms. The predicted molar refractivity (Wildman–Crippen MR) is 43.6 cm³/mol. The molecule has 0 amide bonds. The van der Waals surface area contributed by atoms with Crippen molar-refractivity contribution in [3.8, 4) is 0 Å². The summed E-state index contributed by atoms with van der Waals surface area (Å²) in [5.41, 5.74) is 0.935. The predicted octanol–water partition coefficient (Wildman–Crippen LogP) is 2.66. The van der Waals surface area contributed by atoms with Crippen LogP contribution in [-0.4, -0.2) is 10.9 Å². The third-order valence-corrected chi connectivity index (χ3v) is 1.95. The van der Waals surface area contributed by atoms with E-state index in [4.69, 9.17) is 5.21 Å². The van der Waals surface area contributed by atoms with E-state index in [1.165, 1.54) is 0 Å². The van der Waals surface area contributed by atoms with E-state index < -0.39 is 0 Å². The van der Waals surface area contributed by atoms with E-state index in [-0.39, 0.29) is 0 Å². The zero-order valence-corrected chi connectivity index (χ0v) is 7.09. The lowest BCUT2D eigenvalue weighted by Crippen LogP contribution is -2.11. The molecular formula is C8H17NO. The van der Waals surface area contributed by atoms with Gasteiger partial charge in [-0.05, 0) is 19.3 Å². The Morgan fingerprint density at radius 1 is 1.30 bits per heavy atom. The SMILES string of the molecule is CCC(=NO)C(CC)CC. The van der Waals surface area contributed by atoms with Crippen molar-refractivity contribution in [3.05, 3.63) is 0 Å². The van der Waals surface area contributed by atoms with Gasteiger partial charge in [0, 0.05) is 5.92 Å². The molecule has 0 fully saturated rings. The summed E-state index contributed by atoms with van der Waals surface area (Å²) in [4.78, 5) is 0. The summed E-state index contributed by atoms with van der Waals surface area (Å²) < 4.78 is 0. The minimum Gasteiger partial charge on any atom is -0.411 e. The van der Waals surface area contributed by atoms with E-state index in [2.05, 4.69) is 19.0 Å². The van der Waals surface area contributed by atoms with Crippen molar-refractivity contribution in [2.45, 2.75) is 40.0 Å². The summed E-state index contributed by atoms with van der Waals surface area (Å²) in [6.45, 7) is 6.26. The van der Waals surface area contributed by atoms with Gasteiger partial charge >= 0.3 is 0 Å². The lowest BCUT2D eigenvalue weighted by molar-refractivity contribution is 0.312. The van der Waals surface area contributed by atoms with Crippen LogP contribution in [0.15, 0.2) is 5.16 Å². The van der Waals surface area contributed by atoms with Crippen LogP contribution < -0.4 is 0 Å². The van der Waals surface area contributed by atoms with E-state index in [0.29, 0.717) is 5.92 Å². The smallest absolute Gasteiger partial charge is 0.0598 e. The van der Waals surface area contributed by atoms with Gasteiger partial charge in [-0.25, -0.2) is 0 Å². The summed E-state index contributed by atoms with van der Waals surface area (Å²) in [7, 11) is 0. The molecule has 0 atom stereocenters. The summed E-state index contributed by atoms with van der Waals surface area (Å²) in [5.74, 6) is 0.481. The van der Waals surface area contributed by atoms with Gasteiger partial charge < -0.3 is 5.21 Å². The Kier molecular flexibility index (Phi) is 4.99. The highest BCUT2D eigenvalue weighted by Gasteiger charge is 2.09. The van der Waals surface area contributed by atoms with Crippen molar-refractivity contribution in [2.24, 2.45) is 11.1 Å². The van der Waals surface area contributed by atoms with Crippen molar-refractivity contribution in [3.63, 3.8) is 0 Å². The van der Waals surface area contributed by atoms with Crippen molar-refractivity contribution in [2.75, 3.05) is 0 Å². The second kappa shape index (κ2) is 5.27. The Labute approximate surface area is 62.9 Å². The molecular weight excluding hydrogens is 126 g/mol. The molecule has 0 radical (unpaired) electrons. The van der Waals surface area contributed by atoms with Crippen molar-refractivity contribution < 1.29 is 5.21 Å². The third kappa shape index (κ3) is 2.38. The minimum absolute atomic E-state index is 0.481. The first kappa shape index (κ1) is 9.47. The summed E-state index contributed by atoms with van der Waals surface area (Å²) in [6.07, 6.45) is 3.01. The van der Waals surface area contributed by atoms with Gasteiger partial charge in [-0.15, -0.1) is 0 Å². The number of nitrogens with zero attached hydrogens (tertiary/aromatic N) is 1. The van der Waals surface area contributed by atoms with Gasteiger partial charge in [0.25, 0.3) is 0 Å². The Morgan fingerprint density at radius 3 is 1.90 bits per heavy atom. The molecule has 0 aliphatic carbocycles. The fraction of sp³-hybridized carbons (Fsp3) is 0.875. The van der Waals surface area contributed by atoms with Gasteiger partial charge in [0.05, 0.1) is 5.71 Å². The molecule has 2 heteroatoms. The Balaban J connectivity index is 3.97. The number of rotatable bonds is 4. The largest absolute Gasteiger partial charge is 0.411 e. The number of hydrogen-bond acceptors (Lipinski definition) is 2. The topological polar surface area (TPSA) is 32.6 Å². The van der Waals surface area contributed by atoms with Crippen LogP contribution in [-0.2, 0) is 0 Å². The molecule has 0 aliphatic heterocycles. The van der Waals surface area contributed by atoms with Crippen LogP contribution in [0.25, 0.3) is 0 Å². The standard InChI is InChI=1S/C8H17NO/c1-4-7(5-2)8(6-3)9-10/h7,10H,4-6H2,1-3H3. The van der Waals surface area contributed by atoms with Crippen LogP contribution in [0, 0.1) is 5.92 Å². The molecule has 0 saturated carbocycles. The summed E-state index contributed by atoms with van der Waals surface area (Å²) >= 11 is 0. The quantitative estimate of drug-likeness (QED) is 0.366. The Morgan fingerprint density at radius 2 is 1.80 bits per heavy atom. The van der Waals surface area contributed by atoms with Crippen molar-refractivity contribution in [1.29, 1.82) is 0 Å². The molecule has 0 aliphatic rings. The highest BCUT2D eigenvalue weighted by molar-refractivity contribution is 5.85. The normalized spacial score (nSPS) is 12.6. The molecule has 60 valence electrons. The van der Waals surface area contributed by atoms with E-state index in [1.54, 1.807) is 0 Å². The molecule has 10 heavy (non-hydrogen) atoms. The highest BCUT2D eigenvalue weighted by Crippen LogP contribution is 2.11. The van der Waals surface area contributed by atoms with Gasteiger partial charge in [-0.1, -0.05) is 25.9 Å². The molecule has 2 nitrogen and oxygen atoms in total. The average molecular weight is 143 g/mol. The summed E-state index contributed by atoms with van der Waals surface area (Å²) in [5, 5.41) is 11.8.